The van der Waals surface area contributed by atoms with E-state index >= 15 is 0 Å². The predicted molar refractivity (Wildman–Crippen MR) is 182 cm³/mol. The number of allylic oxidation sites excluding steroid dienone is 1. The number of carbonyl (C=O) groups is 2. The molecule has 0 saturated heterocycles. The van der Waals surface area contributed by atoms with Gasteiger partial charge in [0.15, 0.2) is 0 Å². The topological polar surface area (TPSA) is 116 Å². The number of amidine groups is 1. The van der Waals surface area contributed by atoms with Crippen LogP contribution in [0.1, 0.15) is 131 Å². The molecule has 0 radical (unpaired) electrons. The highest BCUT2D eigenvalue weighted by molar-refractivity contribution is 6.01. The van der Waals surface area contributed by atoms with Crippen molar-refractivity contribution in [1.29, 1.82) is 0 Å². The van der Waals surface area contributed by atoms with Crippen LogP contribution in [-0.4, -0.2) is 81.7 Å². The third-order valence-corrected chi connectivity index (χ3v) is 7.67. The number of rotatable bonds is 17. The number of carbonyl (C=O) groups excluding carboxylic acids is 2. The van der Waals surface area contributed by atoms with Crippen LogP contribution >= 0.6 is 0 Å². The molecule has 0 aromatic carbocycles. The number of hydrogen-bond acceptors (Lipinski definition) is 7. The number of nitrogens with one attached hydrogen (secondary N) is 2. The summed E-state index contributed by atoms with van der Waals surface area (Å²) in [6, 6.07) is 0. The van der Waals surface area contributed by atoms with Gasteiger partial charge in [-0.3, -0.25) is 20.2 Å². The van der Waals surface area contributed by atoms with Gasteiger partial charge in [0.25, 0.3) is 5.84 Å². The third-order valence-electron chi connectivity index (χ3n) is 7.67. The van der Waals surface area contributed by atoms with E-state index in [1.54, 1.807) is 41.5 Å². The Bertz CT molecular complexity index is 1010. The first-order chi connectivity index (χ1) is 21.2. The Morgan fingerprint density at radius 3 is 2.07 bits per heavy atom. The largest absolute Gasteiger partial charge is 0.444 e. The summed E-state index contributed by atoms with van der Waals surface area (Å²) in [6.45, 7) is 17.6. The number of fused-ring (bicyclic) bond motifs is 1. The highest BCUT2D eigenvalue weighted by Crippen LogP contribution is 2.30. The summed E-state index contributed by atoms with van der Waals surface area (Å²) < 4.78 is 13.0. The summed E-state index contributed by atoms with van der Waals surface area (Å²) >= 11 is 0. The minimum Gasteiger partial charge on any atom is -0.444 e. The van der Waals surface area contributed by atoms with E-state index in [4.69, 9.17) is 9.47 Å². The molecule has 0 spiro atoms. The molecule has 0 saturated carbocycles. The lowest BCUT2D eigenvalue weighted by Gasteiger charge is -2.32. The fraction of sp³-hybridized carbons (Fsp3) is 0.771. The Morgan fingerprint density at radius 2 is 1.49 bits per heavy atom. The number of alkyl carbamates (subject to hydrolysis) is 2. The molecule has 3 N–H and O–H groups in total. The van der Waals surface area contributed by atoms with E-state index in [1.165, 1.54) is 44.9 Å². The van der Waals surface area contributed by atoms with Gasteiger partial charge in [-0.2, -0.15) is 0 Å². The number of hydrogen-bond donors (Lipinski definition) is 3. The fourth-order valence-electron chi connectivity index (χ4n) is 5.58. The average molecular weight is 633 g/mol. The van der Waals surface area contributed by atoms with Crippen molar-refractivity contribution in [1.82, 2.24) is 15.5 Å². The van der Waals surface area contributed by atoms with Crippen molar-refractivity contribution in [2.75, 3.05) is 26.2 Å². The van der Waals surface area contributed by atoms with E-state index in [0.29, 0.717) is 6.54 Å². The molecule has 45 heavy (non-hydrogen) atoms. The van der Waals surface area contributed by atoms with Gasteiger partial charge in [0.05, 0.1) is 19.6 Å². The van der Waals surface area contributed by atoms with Crippen molar-refractivity contribution in [3.05, 3.63) is 24.8 Å². The minimum atomic E-state index is -0.869. The maximum absolute atomic E-state index is 12.3. The number of aliphatic hydroxyl groups is 1. The first-order valence-corrected chi connectivity index (χ1v) is 17.2. The summed E-state index contributed by atoms with van der Waals surface area (Å²) in [5.74, 6) is 1.14. The zero-order valence-electron chi connectivity index (χ0n) is 29.1. The summed E-state index contributed by atoms with van der Waals surface area (Å²) in [7, 11) is 0. The van der Waals surface area contributed by atoms with Gasteiger partial charge in [0.1, 0.15) is 11.2 Å². The lowest BCUT2D eigenvalue weighted by Crippen LogP contribution is -2.52. The summed E-state index contributed by atoms with van der Waals surface area (Å²) in [4.78, 5) is 31.2. The van der Waals surface area contributed by atoms with E-state index in [1.807, 2.05) is 12.2 Å². The molecule has 0 fully saturated rings. The molecule has 2 heterocycles. The molecule has 0 bridgehead atoms. The van der Waals surface area contributed by atoms with E-state index in [2.05, 4.69) is 37.8 Å². The van der Waals surface area contributed by atoms with Gasteiger partial charge in [-0.05, 0) is 86.1 Å². The van der Waals surface area contributed by atoms with Crippen molar-refractivity contribution >= 4 is 24.0 Å². The van der Waals surface area contributed by atoms with Crippen molar-refractivity contribution in [2.45, 2.75) is 148 Å². The highest BCUT2D eigenvalue weighted by atomic mass is 16.6. The molecule has 0 aliphatic carbocycles. The molecule has 2 rings (SSSR count). The summed E-state index contributed by atoms with van der Waals surface area (Å²) in [5, 5.41) is 16.5. The summed E-state index contributed by atoms with van der Waals surface area (Å²) in [6.07, 6.45) is 20.2. The molecule has 2 aliphatic rings. The second-order valence-electron chi connectivity index (χ2n) is 14.3. The Morgan fingerprint density at radius 1 is 0.933 bits per heavy atom. The molecular weight excluding hydrogens is 570 g/mol. The molecule has 10 nitrogen and oxygen atoms in total. The van der Waals surface area contributed by atoms with Crippen molar-refractivity contribution in [3.8, 4) is 0 Å². The second kappa shape index (κ2) is 18.9. The predicted octanol–water partition coefficient (Wildman–Crippen LogP) is 7.02. The minimum absolute atomic E-state index is 0.00959. The Labute approximate surface area is 272 Å². The molecule has 0 aromatic heterocycles. The molecule has 2 amide bonds. The Balaban J connectivity index is 1.78. The molecule has 1 atom stereocenters. The van der Waals surface area contributed by atoms with Crippen LogP contribution in [0.5, 0.6) is 0 Å². The number of nitrogens with zero attached hydrogens (tertiary/aromatic N) is 3. The van der Waals surface area contributed by atoms with Crippen molar-refractivity contribution in [2.24, 2.45) is 4.99 Å². The highest BCUT2D eigenvalue weighted by Gasteiger charge is 2.46. The van der Waals surface area contributed by atoms with Crippen LogP contribution in [0.4, 0.5) is 9.59 Å². The number of unbranched alkanes of at least 4 members (excludes halogenated alkanes) is 10. The van der Waals surface area contributed by atoms with Crippen LogP contribution in [0.3, 0.4) is 0 Å². The van der Waals surface area contributed by atoms with Crippen molar-refractivity contribution < 1.29 is 28.7 Å². The van der Waals surface area contributed by atoms with Gasteiger partial charge in [0, 0.05) is 25.5 Å². The van der Waals surface area contributed by atoms with Crippen LogP contribution < -0.4 is 10.6 Å². The fourth-order valence-corrected chi connectivity index (χ4v) is 5.58. The molecule has 1 unspecified atom stereocenters. The van der Waals surface area contributed by atoms with Crippen LogP contribution in [0.2, 0.25) is 0 Å². The molecule has 0 aromatic rings. The van der Waals surface area contributed by atoms with Gasteiger partial charge in [-0.1, -0.05) is 44.6 Å². The normalized spacial score (nSPS) is 18.0. The molecular formula is C35H62N5O5+. The number of guanidine groups is 1. The third kappa shape index (κ3) is 15.8. The van der Waals surface area contributed by atoms with Crippen molar-refractivity contribution in [3.63, 3.8) is 0 Å². The first kappa shape index (κ1) is 38.3. The lowest BCUT2D eigenvalue weighted by molar-refractivity contribution is -0.539. The number of ether oxygens (including phenoxy) is 2. The van der Waals surface area contributed by atoms with Crippen LogP contribution in [-0.2, 0) is 9.47 Å². The average Bonchev–Trinajstić information content (AvgIpc) is 3.26. The second-order valence-corrected chi connectivity index (χ2v) is 14.3. The van der Waals surface area contributed by atoms with Crippen LogP contribution in [0.15, 0.2) is 29.8 Å². The Hall–Kier alpha value is -2.88. The van der Waals surface area contributed by atoms with Gasteiger partial charge in [-0.15, -0.1) is 6.58 Å². The van der Waals surface area contributed by atoms with Crippen LogP contribution in [0, 0.1) is 0 Å². The maximum atomic E-state index is 12.3. The van der Waals surface area contributed by atoms with Gasteiger partial charge in [-0.25, -0.2) is 14.5 Å². The number of aliphatic imine (C=N–C) groups is 1. The molecule has 10 heteroatoms. The smallest absolute Gasteiger partial charge is 0.414 e. The maximum Gasteiger partial charge on any atom is 0.414 e. The first-order valence-electron chi connectivity index (χ1n) is 17.2. The quantitative estimate of drug-likeness (QED) is 0.0522. The zero-order chi connectivity index (χ0) is 33.3. The van der Waals surface area contributed by atoms with Gasteiger partial charge >= 0.3 is 12.2 Å². The monoisotopic (exact) mass is 632 g/mol. The van der Waals surface area contributed by atoms with Gasteiger partial charge < -0.3 is 14.6 Å². The Kier molecular flexibility index (Phi) is 16.1. The molecule has 256 valence electrons. The molecule has 2 aliphatic heterocycles. The van der Waals surface area contributed by atoms with E-state index in [-0.39, 0.29) is 5.96 Å². The SMILES string of the molecule is C=CCCCCCCCCCCC1(O)C=CC2=[N+](CCCCCN=C(NC(=O)OC(C)(C)C)NC(=O)OC(C)(C)C)CCCN21. The van der Waals surface area contributed by atoms with Crippen LogP contribution in [0.25, 0.3) is 0 Å². The zero-order valence-corrected chi connectivity index (χ0v) is 29.1. The lowest BCUT2D eigenvalue weighted by atomic mass is 10.0. The van der Waals surface area contributed by atoms with E-state index < -0.39 is 29.1 Å². The van der Waals surface area contributed by atoms with E-state index in [9.17, 15) is 14.7 Å². The number of amides is 2. The standard InChI is InChI=1S/C35H61N5O5/c1-8-9-10-11-12-13-14-15-16-18-23-35(43)24-22-29-39(27-21-28-40(29)35)26-20-17-19-25-36-30(37-31(41)44-33(2,3)4)38-32(42)45-34(5,6)7/h8,22,24,43H,1,9-21,23,25-28H2,2-7H3,(H-,36,37,38,41,42)/p+1. The van der Waals surface area contributed by atoms with Gasteiger partial charge in [0.2, 0.25) is 11.7 Å². The summed E-state index contributed by atoms with van der Waals surface area (Å²) in [5.41, 5.74) is -2.23. The van der Waals surface area contributed by atoms with E-state index in [0.717, 1.165) is 70.4 Å².